The first-order valence-electron chi connectivity index (χ1n) is 2.59. The minimum Gasteiger partial charge on any atom is -1.00 e. The number of halogens is 1. The summed E-state index contributed by atoms with van der Waals surface area (Å²) in [5.41, 5.74) is 2.43. The summed E-state index contributed by atoms with van der Waals surface area (Å²) >= 11 is 0. The van der Waals surface area contributed by atoms with E-state index < -0.39 is 11.5 Å². The zero-order chi connectivity index (χ0) is 7.49. The first-order valence-corrected chi connectivity index (χ1v) is 2.59. The summed E-state index contributed by atoms with van der Waals surface area (Å²) in [6.07, 6.45) is 0. The third-order valence-electron chi connectivity index (χ3n) is 1.03. The zero-order valence-electron chi connectivity index (χ0n) is 6.06. The molecule has 0 amide bonds. The molecule has 4 N–H and O–H groups in total. The molecule has 0 saturated heterocycles. The molecule has 0 spiro atoms. The predicted octanol–water partition coefficient (Wildman–Crippen LogP) is -4.84. The lowest BCUT2D eigenvalue weighted by Crippen LogP contribution is -3.00. The molecule has 4 nitrogen and oxygen atoms in total. The minimum atomic E-state index is -1.01. The maximum absolute atomic E-state index is 10.6. The van der Waals surface area contributed by atoms with Crippen molar-refractivity contribution >= 4 is 5.97 Å². The van der Waals surface area contributed by atoms with Crippen molar-refractivity contribution in [3.05, 3.63) is 0 Å². The Labute approximate surface area is 65.8 Å². The van der Waals surface area contributed by atoms with Gasteiger partial charge in [0.05, 0.1) is 7.11 Å². The van der Waals surface area contributed by atoms with E-state index in [2.05, 4.69) is 10.5 Å². The third kappa shape index (κ3) is 3.00. The molecule has 1 unspecified atom stereocenters. The van der Waals surface area contributed by atoms with Crippen LogP contribution in [0.2, 0.25) is 0 Å². The van der Waals surface area contributed by atoms with Crippen molar-refractivity contribution in [2.24, 2.45) is 0 Å². The molecule has 0 radical (unpaired) electrons. The number of quaternary nitrogens is 1. The lowest BCUT2D eigenvalue weighted by molar-refractivity contribution is -0.461. The maximum Gasteiger partial charge on any atom is 0.369 e. The molecular weight excluding hydrogens is 158 g/mol. The monoisotopic (exact) mass is 169 g/mol. The molecular formula is C5H12ClNO3. The molecule has 0 aromatic rings. The van der Waals surface area contributed by atoms with E-state index in [0.29, 0.717) is 0 Å². The average Bonchev–Trinajstić information content (AvgIpc) is 1.86. The lowest BCUT2D eigenvalue weighted by Gasteiger charge is -2.13. The van der Waals surface area contributed by atoms with Crippen LogP contribution in [0, 0.1) is 0 Å². The Kier molecular flexibility index (Phi) is 5.55. The molecule has 1 atom stereocenters. The summed E-state index contributed by atoms with van der Waals surface area (Å²) in [5, 5.41) is 8.53. The van der Waals surface area contributed by atoms with E-state index in [1.54, 1.807) is 0 Å². The highest BCUT2D eigenvalue weighted by atomic mass is 35.5. The number of hydrogen-bond donors (Lipinski definition) is 2. The summed E-state index contributed by atoms with van der Waals surface area (Å²) in [7, 11) is 1.27. The molecule has 62 valence electrons. The summed E-state index contributed by atoms with van der Waals surface area (Å²) < 4.78 is 4.34. The molecule has 0 aromatic carbocycles. The van der Waals surface area contributed by atoms with Crippen LogP contribution in [0.5, 0.6) is 0 Å². The van der Waals surface area contributed by atoms with Gasteiger partial charge in [-0.2, -0.15) is 0 Å². The van der Waals surface area contributed by atoms with Gasteiger partial charge in [0.1, 0.15) is 6.61 Å². The second-order valence-corrected chi connectivity index (χ2v) is 2.21. The number of carbonyl (C=O) groups is 1. The van der Waals surface area contributed by atoms with Crippen LogP contribution < -0.4 is 18.1 Å². The van der Waals surface area contributed by atoms with E-state index in [1.165, 1.54) is 14.0 Å². The first kappa shape index (κ1) is 12.4. The topological polar surface area (TPSA) is 74.2 Å². The van der Waals surface area contributed by atoms with Crippen molar-refractivity contribution in [3.63, 3.8) is 0 Å². The van der Waals surface area contributed by atoms with Crippen LogP contribution in [0.4, 0.5) is 0 Å². The Balaban J connectivity index is 0. The number of aliphatic hydroxyl groups is 1. The molecule has 0 aliphatic rings. The van der Waals surface area contributed by atoms with Crippen molar-refractivity contribution < 1.29 is 32.8 Å². The van der Waals surface area contributed by atoms with Crippen LogP contribution in [0.1, 0.15) is 6.92 Å². The Bertz CT molecular complexity index is 115. The van der Waals surface area contributed by atoms with Crippen LogP contribution in [-0.4, -0.2) is 30.3 Å². The van der Waals surface area contributed by atoms with Gasteiger partial charge in [0.2, 0.25) is 5.54 Å². The van der Waals surface area contributed by atoms with E-state index >= 15 is 0 Å². The summed E-state index contributed by atoms with van der Waals surface area (Å²) in [6.45, 7) is 1.22. The molecule has 0 aliphatic heterocycles. The predicted molar refractivity (Wildman–Crippen MR) is 30.4 cm³/mol. The van der Waals surface area contributed by atoms with Gasteiger partial charge >= 0.3 is 5.97 Å². The fraction of sp³-hybridized carbons (Fsp3) is 0.800. The Morgan fingerprint density at radius 3 is 2.30 bits per heavy atom. The fourth-order valence-electron chi connectivity index (χ4n) is 0.311. The molecule has 0 heterocycles. The van der Waals surface area contributed by atoms with E-state index in [0.717, 1.165) is 0 Å². The largest absolute Gasteiger partial charge is 1.00 e. The van der Waals surface area contributed by atoms with Gasteiger partial charge in [-0.05, 0) is 0 Å². The highest BCUT2D eigenvalue weighted by Crippen LogP contribution is 1.95. The van der Waals surface area contributed by atoms with Crippen molar-refractivity contribution in [1.29, 1.82) is 0 Å². The SMILES string of the molecule is COC(=O)C(C)([NH3+])CO.[Cl-]. The van der Waals surface area contributed by atoms with Gasteiger partial charge in [-0.25, -0.2) is 4.79 Å². The number of ether oxygens (including phenoxy) is 1. The van der Waals surface area contributed by atoms with Crippen molar-refractivity contribution in [1.82, 2.24) is 0 Å². The number of carbonyl (C=O) groups excluding carboxylic acids is 1. The fourth-order valence-corrected chi connectivity index (χ4v) is 0.311. The Morgan fingerprint density at radius 1 is 1.80 bits per heavy atom. The van der Waals surface area contributed by atoms with Crippen LogP contribution in [0.25, 0.3) is 0 Å². The summed E-state index contributed by atoms with van der Waals surface area (Å²) in [4.78, 5) is 10.6. The highest BCUT2D eigenvalue weighted by Gasteiger charge is 2.32. The second-order valence-electron chi connectivity index (χ2n) is 2.21. The average molecular weight is 170 g/mol. The molecule has 0 rings (SSSR count). The maximum atomic E-state index is 10.6. The molecule has 0 aromatic heterocycles. The third-order valence-corrected chi connectivity index (χ3v) is 1.03. The highest BCUT2D eigenvalue weighted by molar-refractivity contribution is 5.78. The van der Waals surface area contributed by atoms with Crippen LogP contribution >= 0.6 is 0 Å². The Morgan fingerprint density at radius 2 is 2.20 bits per heavy atom. The smallest absolute Gasteiger partial charge is 0.369 e. The minimum absolute atomic E-state index is 0. The number of rotatable bonds is 2. The van der Waals surface area contributed by atoms with Gasteiger partial charge in [0, 0.05) is 6.92 Å². The van der Waals surface area contributed by atoms with Crippen molar-refractivity contribution in [2.75, 3.05) is 13.7 Å². The number of aliphatic hydroxyl groups excluding tert-OH is 1. The van der Waals surface area contributed by atoms with Gasteiger partial charge in [0.15, 0.2) is 0 Å². The van der Waals surface area contributed by atoms with Crippen molar-refractivity contribution in [2.45, 2.75) is 12.5 Å². The lowest BCUT2D eigenvalue weighted by atomic mass is 10.1. The molecule has 0 fully saturated rings. The standard InChI is InChI=1S/C5H11NO3.ClH/c1-5(6,3-7)4(8)9-2;/h7H,3,6H2,1-2H3;1H. The number of hydrogen-bond acceptors (Lipinski definition) is 3. The molecule has 0 saturated carbocycles. The molecule has 5 heteroatoms. The van der Waals surface area contributed by atoms with E-state index in [9.17, 15) is 4.79 Å². The van der Waals surface area contributed by atoms with Gasteiger partial charge in [-0.1, -0.05) is 0 Å². The zero-order valence-corrected chi connectivity index (χ0v) is 6.81. The molecule has 10 heavy (non-hydrogen) atoms. The molecule has 0 aliphatic carbocycles. The van der Waals surface area contributed by atoms with Crippen molar-refractivity contribution in [3.8, 4) is 0 Å². The van der Waals surface area contributed by atoms with Gasteiger partial charge in [-0.15, -0.1) is 0 Å². The van der Waals surface area contributed by atoms with E-state index in [1.807, 2.05) is 0 Å². The van der Waals surface area contributed by atoms with Crippen LogP contribution in [0.3, 0.4) is 0 Å². The Hall–Kier alpha value is -0.320. The number of methoxy groups -OCH3 is 1. The van der Waals surface area contributed by atoms with Gasteiger partial charge in [-0.3, -0.25) is 0 Å². The van der Waals surface area contributed by atoms with Crippen LogP contribution in [-0.2, 0) is 9.53 Å². The molecule has 0 bridgehead atoms. The quantitative estimate of drug-likeness (QED) is 0.408. The van der Waals surface area contributed by atoms with Crippen LogP contribution in [0.15, 0.2) is 0 Å². The number of esters is 1. The summed E-state index contributed by atoms with van der Waals surface area (Å²) in [6, 6.07) is 0. The summed E-state index contributed by atoms with van der Waals surface area (Å²) in [5.74, 6) is -0.495. The van der Waals surface area contributed by atoms with Gasteiger partial charge < -0.3 is 28.0 Å². The van der Waals surface area contributed by atoms with E-state index in [4.69, 9.17) is 5.11 Å². The van der Waals surface area contributed by atoms with E-state index in [-0.39, 0.29) is 19.0 Å². The van der Waals surface area contributed by atoms with Gasteiger partial charge in [0.25, 0.3) is 0 Å². The normalized spacial score (nSPS) is 14.8. The second kappa shape index (κ2) is 4.49. The first-order chi connectivity index (χ1) is 4.04.